The highest BCUT2D eigenvalue weighted by atomic mass is 79.9. The molecule has 0 bridgehead atoms. The predicted octanol–water partition coefficient (Wildman–Crippen LogP) is 3.25. The molecule has 1 aromatic rings. The third kappa shape index (κ3) is 6.20. The minimum atomic E-state index is 0.643. The van der Waals surface area contributed by atoms with Gasteiger partial charge < -0.3 is 10.1 Å². The maximum atomic E-state index is 5.18. The molecule has 0 heterocycles. The molecular formula is C14H22BrNO. The van der Waals surface area contributed by atoms with Crippen LogP contribution in [-0.4, -0.2) is 26.8 Å². The number of rotatable bonds is 8. The SMILES string of the molecule is CCNCC(CCOC)Cc1cccc(Br)c1. The molecule has 0 fully saturated rings. The Bertz CT molecular complexity index is 309. The van der Waals surface area contributed by atoms with Crippen LogP contribution >= 0.6 is 15.9 Å². The molecule has 0 saturated carbocycles. The van der Waals surface area contributed by atoms with Crippen LogP contribution in [0.3, 0.4) is 0 Å². The van der Waals surface area contributed by atoms with Crippen LogP contribution in [0.15, 0.2) is 28.7 Å². The molecule has 0 aromatic heterocycles. The second-order valence-corrected chi connectivity index (χ2v) is 5.20. The molecule has 1 atom stereocenters. The zero-order valence-corrected chi connectivity index (χ0v) is 12.3. The Balaban J connectivity index is 2.51. The fraction of sp³-hybridized carbons (Fsp3) is 0.571. The second-order valence-electron chi connectivity index (χ2n) is 4.29. The van der Waals surface area contributed by atoms with Crippen LogP contribution in [0.25, 0.3) is 0 Å². The Morgan fingerprint density at radius 1 is 1.41 bits per heavy atom. The number of ether oxygens (including phenoxy) is 1. The molecule has 1 unspecified atom stereocenters. The summed E-state index contributed by atoms with van der Waals surface area (Å²) in [5.74, 6) is 0.643. The van der Waals surface area contributed by atoms with Gasteiger partial charge in [0, 0.05) is 18.2 Å². The smallest absolute Gasteiger partial charge is 0.0465 e. The van der Waals surface area contributed by atoms with Crippen LogP contribution in [-0.2, 0) is 11.2 Å². The van der Waals surface area contributed by atoms with Crippen molar-refractivity contribution in [2.24, 2.45) is 5.92 Å². The summed E-state index contributed by atoms with van der Waals surface area (Å²) >= 11 is 3.52. The lowest BCUT2D eigenvalue weighted by molar-refractivity contribution is 0.176. The number of halogens is 1. The van der Waals surface area contributed by atoms with E-state index in [1.54, 1.807) is 7.11 Å². The number of hydrogen-bond donors (Lipinski definition) is 1. The Morgan fingerprint density at radius 3 is 2.88 bits per heavy atom. The van der Waals surface area contributed by atoms with Crippen molar-refractivity contribution < 1.29 is 4.74 Å². The standard InChI is InChI=1S/C14H22BrNO/c1-3-16-11-13(7-8-17-2)9-12-5-4-6-14(15)10-12/h4-6,10,13,16H,3,7-9,11H2,1-2H3. The Labute approximate surface area is 113 Å². The molecule has 96 valence electrons. The Hall–Kier alpha value is -0.380. The van der Waals surface area contributed by atoms with Gasteiger partial charge in [0.1, 0.15) is 0 Å². The highest BCUT2D eigenvalue weighted by Gasteiger charge is 2.09. The van der Waals surface area contributed by atoms with Gasteiger partial charge in [0.2, 0.25) is 0 Å². The van der Waals surface area contributed by atoms with Crippen molar-refractivity contribution in [3.05, 3.63) is 34.3 Å². The van der Waals surface area contributed by atoms with Crippen LogP contribution < -0.4 is 5.32 Å². The molecule has 0 spiro atoms. The summed E-state index contributed by atoms with van der Waals surface area (Å²) in [7, 11) is 1.77. The normalized spacial score (nSPS) is 12.6. The van der Waals surface area contributed by atoms with Gasteiger partial charge in [-0.05, 0) is 49.5 Å². The van der Waals surface area contributed by atoms with E-state index < -0.39 is 0 Å². The minimum Gasteiger partial charge on any atom is -0.385 e. The molecule has 2 nitrogen and oxygen atoms in total. The first-order valence-electron chi connectivity index (χ1n) is 6.20. The number of benzene rings is 1. The first kappa shape index (κ1) is 14.7. The number of methoxy groups -OCH3 is 1. The molecule has 1 rings (SSSR count). The topological polar surface area (TPSA) is 21.3 Å². The van der Waals surface area contributed by atoms with Crippen molar-refractivity contribution >= 4 is 15.9 Å². The van der Waals surface area contributed by atoms with Crippen LogP contribution in [0.1, 0.15) is 18.9 Å². The van der Waals surface area contributed by atoms with Gasteiger partial charge in [-0.1, -0.05) is 35.0 Å². The lowest BCUT2D eigenvalue weighted by Crippen LogP contribution is -2.25. The summed E-state index contributed by atoms with van der Waals surface area (Å²) in [4.78, 5) is 0. The number of nitrogens with one attached hydrogen (secondary N) is 1. The van der Waals surface area contributed by atoms with Gasteiger partial charge in [-0.15, -0.1) is 0 Å². The molecule has 0 saturated heterocycles. The van der Waals surface area contributed by atoms with E-state index in [-0.39, 0.29) is 0 Å². The van der Waals surface area contributed by atoms with Crippen LogP contribution in [0.2, 0.25) is 0 Å². The largest absolute Gasteiger partial charge is 0.385 e. The summed E-state index contributed by atoms with van der Waals surface area (Å²) in [6.07, 6.45) is 2.21. The maximum Gasteiger partial charge on any atom is 0.0465 e. The van der Waals surface area contributed by atoms with Crippen molar-refractivity contribution in [2.45, 2.75) is 19.8 Å². The fourth-order valence-corrected chi connectivity index (χ4v) is 2.35. The van der Waals surface area contributed by atoms with Crippen LogP contribution in [0.5, 0.6) is 0 Å². The molecule has 17 heavy (non-hydrogen) atoms. The molecular weight excluding hydrogens is 278 g/mol. The average Bonchev–Trinajstić information content (AvgIpc) is 2.32. The molecule has 0 aliphatic rings. The van der Waals surface area contributed by atoms with Crippen molar-refractivity contribution in [1.82, 2.24) is 5.32 Å². The van der Waals surface area contributed by atoms with Gasteiger partial charge >= 0.3 is 0 Å². The first-order valence-corrected chi connectivity index (χ1v) is 6.99. The van der Waals surface area contributed by atoms with Crippen molar-refractivity contribution in [3.63, 3.8) is 0 Å². The van der Waals surface area contributed by atoms with E-state index in [4.69, 9.17) is 4.74 Å². The maximum absolute atomic E-state index is 5.18. The monoisotopic (exact) mass is 299 g/mol. The Kier molecular flexibility index (Phi) is 7.49. The van der Waals surface area contributed by atoms with Gasteiger partial charge in [-0.25, -0.2) is 0 Å². The minimum absolute atomic E-state index is 0.643. The lowest BCUT2D eigenvalue weighted by atomic mass is 9.96. The fourth-order valence-electron chi connectivity index (χ4n) is 1.91. The summed E-state index contributed by atoms with van der Waals surface area (Å²) in [5, 5.41) is 3.42. The molecule has 0 radical (unpaired) electrons. The van der Waals surface area contributed by atoms with E-state index in [2.05, 4.69) is 52.4 Å². The van der Waals surface area contributed by atoms with E-state index in [9.17, 15) is 0 Å². The zero-order valence-electron chi connectivity index (χ0n) is 10.7. The predicted molar refractivity (Wildman–Crippen MR) is 76.4 cm³/mol. The zero-order chi connectivity index (χ0) is 12.5. The first-order chi connectivity index (χ1) is 8.26. The summed E-state index contributed by atoms with van der Waals surface area (Å²) in [6.45, 7) is 5.07. The van der Waals surface area contributed by atoms with E-state index in [0.29, 0.717) is 5.92 Å². The van der Waals surface area contributed by atoms with E-state index >= 15 is 0 Å². The van der Waals surface area contributed by atoms with Crippen LogP contribution in [0, 0.1) is 5.92 Å². The Morgan fingerprint density at radius 2 is 2.24 bits per heavy atom. The molecule has 1 N–H and O–H groups in total. The number of hydrogen-bond acceptors (Lipinski definition) is 2. The van der Waals surface area contributed by atoms with Crippen molar-refractivity contribution in [2.75, 3.05) is 26.8 Å². The van der Waals surface area contributed by atoms with Crippen molar-refractivity contribution in [3.8, 4) is 0 Å². The summed E-state index contributed by atoms with van der Waals surface area (Å²) in [5.41, 5.74) is 1.39. The van der Waals surface area contributed by atoms with Gasteiger partial charge in [-0.3, -0.25) is 0 Å². The molecule has 0 aliphatic heterocycles. The third-order valence-electron chi connectivity index (χ3n) is 2.83. The van der Waals surface area contributed by atoms with Gasteiger partial charge in [-0.2, -0.15) is 0 Å². The van der Waals surface area contributed by atoms with Crippen LogP contribution in [0.4, 0.5) is 0 Å². The van der Waals surface area contributed by atoms with Gasteiger partial charge in [0.05, 0.1) is 0 Å². The summed E-state index contributed by atoms with van der Waals surface area (Å²) in [6, 6.07) is 8.56. The van der Waals surface area contributed by atoms with E-state index in [1.807, 2.05) is 0 Å². The van der Waals surface area contributed by atoms with Gasteiger partial charge in [0.25, 0.3) is 0 Å². The quantitative estimate of drug-likeness (QED) is 0.795. The molecule has 0 amide bonds. The highest BCUT2D eigenvalue weighted by Crippen LogP contribution is 2.16. The lowest BCUT2D eigenvalue weighted by Gasteiger charge is -2.17. The second kappa shape index (κ2) is 8.67. The van der Waals surface area contributed by atoms with Crippen molar-refractivity contribution in [1.29, 1.82) is 0 Å². The highest BCUT2D eigenvalue weighted by molar-refractivity contribution is 9.10. The molecule has 1 aromatic carbocycles. The van der Waals surface area contributed by atoms with Gasteiger partial charge in [0.15, 0.2) is 0 Å². The summed E-state index contributed by atoms with van der Waals surface area (Å²) < 4.78 is 6.33. The third-order valence-corrected chi connectivity index (χ3v) is 3.32. The van der Waals surface area contributed by atoms with E-state index in [0.717, 1.165) is 37.0 Å². The average molecular weight is 300 g/mol. The molecule has 0 aliphatic carbocycles. The van der Waals surface area contributed by atoms with E-state index in [1.165, 1.54) is 5.56 Å². The molecule has 3 heteroatoms.